The number of nitrogens with zero attached hydrogens (tertiary/aromatic N) is 1. The average Bonchev–Trinajstić information content (AvgIpc) is 2.94. The van der Waals surface area contributed by atoms with Crippen molar-refractivity contribution in [2.45, 2.75) is 25.2 Å². The van der Waals surface area contributed by atoms with Crippen LogP contribution in [0.5, 0.6) is 0 Å². The summed E-state index contributed by atoms with van der Waals surface area (Å²) in [6.45, 7) is 0.779. The van der Waals surface area contributed by atoms with Crippen molar-refractivity contribution in [1.29, 1.82) is 0 Å². The highest BCUT2D eigenvalue weighted by molar-refractivity contribution is 5.74. The first-order valence-corrected chi connectivity index (χ1v) is 6.03. The molecule has 3 rings (SSSR count). The number of aromatic amines is 1. The van der Waals surface area contributed by atoms with E-state index >= 15 is 0 Å². The van der Waals surface area contributed by atoms with Gasteiger partial charge in [0.2, 0.25) is 0 Å². The van der Waals surface area contributed by atoms with Crippen LogP contribution in [0.4, 0.5) is 0 Å². The highest BCUT2D eigenvalue weighted by Gasteiger charge is 2.29. The van der Waals surface area contributed by atoms with Crippen molar-refractivity contribution in [2.24, 2.45) is 11.7 Å². The number of benzene rings is 1. The smallest absolute Gasteiger partial charge is 0.110 e. The zero-order chi connectivity index (χ0) is 11.0. The lowest BCUT2D eigenvalue weighted by molar-refractivity contribution is 0.481. The first-order chi connectivity index (χ1) is 7.88. The average molecular weight is 215 g/mol. The van der Waals surface area contributed by atoms with Crippen LogP contribution in [-0.4, -0.2) is 16.5 Å². The zero-order valence-electron chi connectivity index (χ0n) is 9.32. The lowest BCUT2D eigenvalue weighted by Gasteiger charge is -2.14. The van der Waals surface area contributed by atoms with Crippen LogP contribution >= 0.6 is 0 Å². The van der Waals surface area contributed by atoms with E-state index in [1.54, 1.807) is 0 Å². The lowest BCUT2D eigenvalue weighted by atomic mass is 9.96. The van der Waals surface area contributed by atoms with E-state index in [0.717, 1.165) is 23.4 Å². The molecular formula is C13H17N3. The van der Waals surface area contributed by atoms with Crippen LogP contribution in [0, 0.1) is 5.92 Å². The molecule has 2 aromatic rings. The van der Waals surface area contributed by atoms with Gasteiger partial charge in [-0.25, -0.2) is 4.98 Å². The van der Waals surface area contributed by atoms with Gasteiger partial charge in [-0.3, -0.25) is 0 Å². The van der Waals surface area contributed by atoms with Crippen LogP contribution in [0.2, 0.25) is 0 Å². The number of fused-ring (bicyclic) bond motifs is 1. The van der Waals surface area contributed by atoms with E-state index in [4.69, 9.17) is 5.73 Å². The molecule has 1 heterocycles. The van der Waals surface area contributed by atoms with E-state index in [9.17, 15) is 0 Å². The molecule has 0 amide bonds. The minimum atomic E-state index is 0.539. The molecule has 2 atom stereocenters. The molecule has 0 bridgehead atoms. The lowest BCUT2D eigenvalue weighted by Crippen LogP contribution is -2.17. The largest absolute Gasteiger partial charge is 0.342 e. The van der Waals surface area contributed by atoms with Crippen molar-refractivity contribution in [3.63, 3.8) is 0 Å². The summed E-state index contributed by atoms with van der Waals surface area (Å²) in [6.07, 6.45) is 3.75. The van der Waals surface area contributed by atoms with Gasteiger partial charge in [0.1, 0.15) is 5.82 Å². The fourth-order valence-corrected chi connectivity index (χ4v) is 2.83. The third kappa shape index (κ3) is 1.52. The second-order valence-corrected chi connectivity index (χ2v) is 4.67. The topological polar surface area (TPSA) is 54.7 Å². The van der Waals surface area contributed by atoms with Gasteiger partial charge in [0.15, 0.2) is 0 Å². The monoisotopic (exact) mass is 215 g/mol. The zero-order valence-corrected chi connectivity index (χ0v) is 9.32. The van der Waals surface area contributed by atoms with Gasteiger partial charge < -0.3 is 10.7 Å². The van der Waals surface area contributed by atoms with E-state index in [-0.39, 0.29) is 0 Å². The van der Waals surface area contributed by atoms with Gasteiger partial charge in [0, 0.05) is 5.92 Å². The van der Waals surface area contributed by atoms with Crippen molar-refractivity contribution in [1.82, 2.24) is 9.97 Å². The number of H-pyrrole nitrogens is 1. The van der Waals surface area contributed by atoms with E-state index < -0.39 is 0 Å². The summed E-state index contributed by atoms with van der Waals surface area (Å²) in [6, 6.07) is 8.21. The molecule has 1 aromatic heterocycles. The first-order valence-electron chi connectivity index (χ1n) is 6.03. The minimum Gasteiger partial charge on any atom is -0.342 e. The molecule has 0 radical (unpaired) electrons. The maximum Gasteiger partial charge on any atom is 0.110 e. The first kappa shape index (κ1) is 9.85. The van der Waals surface area contributed by atoms with E-state index in [1.807, 2.05) is 12.1 Å². The summed E-state index contributed by atoms with van der Waals surface area (Å²) in [5.74, 6) is 2.28. The normalized spacial score (nSPS) is 25.3. The molecule has 1 fully saturated rings. The molecule has 0 aliphatic heterocycles. The second kappa shape index (κ2) is 3.91. The fraction of sp³-hybridized carbons (Fsp3) is 0.462. The number of nitrogens with two attached hydrogens (primary N) is 1. The molecule has 1 saturated carbocycles. The molecule has 0 spiro atoms. The fourth-order valence-electron chi connectivity index (χ4n) is 2.83. The van der Waals surface area contributed by atoms with Gasteiger partial charge in [-0.1, -0.05) is 18.6 Å². The van der Waals surface area contributed by atoms with Crippen LogP contribution in [0.1, 0.15) is 31.0 Å². The molecule has 0 saturated heterocycles. The Morgan fingerprint density at radius 2 is 2.19 bits per heavy atom. The maximum atomic E-state index is 5.81. The van der Waals surface area contributed by atoms with Crippen molar-refractivity contribution in [2.75, 3.05) is 6.54 Å². The van der Waals surface area contributed by atoms with Crippen molar-refractivity contribution >= 4 is 11.0 Å². The number of imidazole rings is 1. The summed E-state index contributed by atoms with van der Waals surface area (Å²) in [7, 11) is 0. The number of hydrogen-bond donors (Lipinski definition) is 2. The standard InChI is InChI=1S/C13H17N3/c14-8-9-4-3-5-10(9)13-15-11-6-1-2-7-12(11)16-13/h1-2,6-7,9-10H,3-5,8,14H2,(H,15,16). The molecule has 3 N–H and O–H groups in total. The predicted molar refractivity (Wildman–Crippen MR) is 65.2 cm³/mol. The van der Waals surface area contributed by atoms with Gasteiger partial charge in [-0.05, 0) is 37.4 Å². The van der Waals surface area contributed by atoms with Crippen molar-refractivity contribution in [3.05, 3.63) is 30.1 Å². The minimum absolute atomic E-state index is 0.539. The Morgan fingerprint density at radius 3 is 3.00 bits per heavy atom. The molecule has 3 heteroatoms. The van der Waals surface area contributed by atoms with E-state index in [0.29, 0.717) is 11.8 Å². The molecule has 1 aliphatic rings. The summed E-state index contributed by atoms with van der Waals surface area (Å²) >= 11 is 0. The SMILES string of the molecule is NCC1CCCC1c1nc2ccccc2[nH]1. The summed E-state index contributed by atoms with van der Waals surface area (Å²) < 4.78 is 0. The highest BCUT2D eigenvalue weighted by atomic mass is 14.9. The number of rotatable bonds is 2. The maximum absolute atomic E-state index is 5.81. The number of nitrogens with one attached hydrogen (secondary N) is 1. The van der Waals surface area contributed by atoms with E-state index in [1.165, 1.54) is 19.3 Å². The Labute approximate surface area is 95.1 Å². The molecule has 2 unspecified atom stereocenters. The molecule has 84 valence electrons. The number of hydrogen-bond acceptors (Lipinski definition) is 2. The van der Waals surface area contributed by atoms with Gasteiger partial charge in [-0.15, -0.1) is 0 Å². The highest BCUT2D eigenvalue weighted by Crippen LogP contribution is 2.38. The molecule has 16 heavy (non-hydrogen) atoms. The Morgan fingerprint density at radius 1 is 1.31 bits per heavy atom. The summed E-state index contributed by atoms with van der Waals surface area (Å²) in [4.78, 5) is 8.12. The Hall–Kier alpha value is -1.35. The van der Waals surface area contributed by atoms with Crippen molar-refractivity contribution in [3.8, 4) is 0 Å². The summed E-state index contributed by atoms with van der Waals surface area (Å²) in [5.41, 5.74) is 8.02. The van der Waals surface area contributed by atoms with Crippen molar-refractivity contribution < 1.29 is 0 Å². The predicted octanol–water partition coefficient (Wildman–Crippen LogP) is 2.41. The van der Waals surface area contributed by atoms with Gasteiger partial charge in [-0.2, -0.15) is 0 Å². The van der Waals surface area contributed by atoms with Crippen LogP contribution < -0.4 is 5.73 Å². The molecule has 1 aliphatic carbocycles. The Bertz CT molecular complexity index is 456. The van der Waals surface area contributed by atoms with Crippen LogP contribution in [0.15, 0.2) is 24.3 Å². The molecular weight excluding hydrogens is 198 g/mol. The van der Waals surface area contributed by atoms with Crippen LogP contribution in [-0.2, 0) is 0 Å². The quantitative estimate of drug-likeness (QED) is 0.808. The van der Waals surface area contributed by atoms with Gasteiger partial charge >= 0.3 is 0 Å². The van der Waals surface area contributed by atoms with Gasteiger partial charge in [0.25, 0.3) is 0 Å². The third-order valence-corrected chi connectivity index (χ3v) is 3.72. The third-order valence-electron chi connectivity index (χ3n) is 3.72. The number of para-hydroxylation sites is 2. The van der Waals surface area contributed by atoms with Crippen LogP contribution in [0.3, 0.4) is 0 Å². The molecule has 3 nitrogen and oxygen atoms in total. The Kier molecular flexibility index (Phi) is 2.40. The van der Waals surface area contributed by atoms with Crippen LogP contribution in [0.25, 0.3) is 11.0 Å². The van der Waals surface area contributed by atoms with Gasteiger partial charge in [0.05, 0.1) is 11.0 Å². The summed E-state index contributed by atoms with van der Waals surface area (Å²) in [5, 5.41) is 0. The Balaban J connectivity index is 1.99. The second-order valence-electron chi connectivity index (χ2n) is 4.67. The van der Waals surface area contributed by atoms with E-state index in [2.05, 4.69) is 22.1 Å². The number of aromatic nitrogens is 2. The molecule has 1 aromatic carbocycles.